The SMILES string of the molecule is Cc1ccc(Bc2c(Cl)cccc2Cl)cc1. The molecule has 0 aliphatic heterocycles. The molecule has 0 aliphatic carbocycles. The Kier molecular flexibility index (Phi) is 3.57. The van der Waals surface area contributed by atoms with E-state index in [1.807, 2.05) is 18.2 Å². The van der Waals surface area contributed by atoms with Crippen molar-refractivity contribution in [3.8, 4) is 0 Å². The van der Waals surface area contributed by atoms with Gasteiger partial charge < -0.3 is 0 Å². The summed E-state index contributed by atoms with van der Waals surface area (Å²) in [5.74, 6) is 0. The Bertz CT molecular complexity index is 472. The van der Waals surface area contributed by atoms with E-state index in [-0.39, 0.29) is 0 Å². The molecule has 0 bridgehead atoms. The van der Waals surface area contributed by atoms with E-state index >= 15 is 0 Å². The van der Waals surface area contributed by atoms with Crippen molar-refractivity contribution in [3.05, 3.63) is 58.1 Å². The molecular weight excluding hydrogens is 238 g/mol. The molecule has 2 aromatic rings. The van der Waals surface area contributed by atoms with Crippen LogP contribution in [-0.2, 0) is 0 Å². The Labute approximate surface area is 106 Å². The molecule has 0 amide bonds. The van der Waals surface area contributed by atoms with Gasteiger partial charge in [0.05, 0.1) is 0 Å². The maximum absolute atomic E-state index is 6.13. The number of rotatable bonds is 2. The molecule has 80 valence electrons. The Morgan fingerprint density at radius 1 is 0.875 bits per heavy atom. The highest BCUT2D eigenvalue weighted by molar-refractivity contribution is 6.72. The Balaban J connectivity index is 2.30. The number of aryl methyl sites for hydroxylation is 1. The lowest BCUT2D eigenvalue weighted by atomic mass is 9.64. The zero-order valence-corrected chi connectivity index (χ0v) is 10.5. The van der Waals surface area contributed by atoms with Gasteiger partial charge in [0.1, 0.15) is 0 Å². The first-order valence-corrected chi connectivity index (χ1v) is 5.91. The lowest BCUT2D eigenvalue weighted by Gasteiger charge is -2.05. The first kappa shape index (κ1) is 11.6. The van der Waals surface area contributed by atoms with Crippen molar-refractivity contribution in [1.82, 2.24) is 0 Å². The largest absolute Gasteiger partial charge is 0.196 e. The summed E-state index contributed by atoms with van der Waals surface area (Å²) >= 11 is 12.3. The topological polar surface area (TPSA) is 0 Å². The van der Waals surface area contributed by atoms with Gasteiger partial charge in [-0.2, -0.15) is 0 Å². The lowest BCUT2D eigenvalue weighted by Crippen LogP contribution is -2.28. The van der Waals surface area contributed by atoms with Gasteiger partial charge in [-0.1, -0.05) is 64.6 Å². The maximum Gasteiger partial charge on any atom is 0.196 e. The first-order valence-electron chi connectivity index (χ1n) is 5.15. The summed E-state index contributed by atoms with van der Waals surface area (Å²) in [7, 11) is 0.777. The molecule has 0 fully saturated rings. The van der Waals surface area contributed by atoms with E-state index in [0.29, 0.717) is 0 Å². The highest BCUT2D eigenvalue weighted by atomic mass is 35.5. The normalized spacial score (nSPS) is 10.2. The molecule has 0 N–H and O–H groups in total. The van der Waals surface area contributed by atoms with Crippen LogP contribution >= 0.6 is 23.2 Å². The van der Waals surface area contributed by atoms with Crippen molar-refractivity contribution in [3.63, 3.8) is 0 Å². The quantitative estimate of drug-likeness (QED) is 0.717. The summed E-state index contributed by atoms with van der Waals surface area (Å²) in [6.45, 7) is 2.08. The van der Waals surface area contributed by atoms with Crippen LogP contribution in [0, 0.1) is 6.92 Å². The van der Waals surface area contributed by atoms with Crippen LogP contribution in [0.2, 0.25) is 10.0 Å². The molecule has 0 heterocycles. The van der Waals surface area contributed by atoms with Crippen LogP contribution in [-0.4, -0.2) is 7.28 Å². The third-order valence-electron chi connectivity index (χ3n) is 2.56. The van der Waals surface area contributed by atoms with Gasteiger partial charge in [-0.3, -0.25) is 0 Å². The summed E-state index contributed by atoms with van der Waals surface area (Å²) in [5, 5.41) is 1.46. The molecule has 0 radical (unpaired) electrons. The van der Waals surface area contributed by atoms with E-state index in [4.69, 9.17) is 23.2 Å². The average Bonchev–Trinajstić information content (AvgIpc) is 2.26. The molecule has 3 heteroatoms. The summed E-state index contributed by atoms with van der Waals surface area (Å²) < 4.78 is 0. The summed E-state index contributed by atoms with van der Waals surface area (Å²) in [6.07, 6.45) is 0. The fourth-order valence-electron chi connectivity index (χ4n) is 1.61. The molecule has 0 saturated heterocycles. The van der Waals surface area contributed by atoms with Crippen molar-refractivity contribution >= 4 is 41.4 Å². The van der Waals surface area contributed by atoms with Gasteiger partial charge in [0.2, 0.25) is 0 Å². The van der Waals surface area contributed by atoms with E-state index in [0.717, 1.165) is 22.8 Å². The zero-order chi connectivity index (χ0) is 11.5. The van der Waals surface area contributed by atoms with Crippen molar-refractivity contribution < 1.29 is 0 Å². The maximum atomic E-state index is 6.13. The molecule has 0 unspecified atom stereocenters. The van der Waals surface area contributed by atoms with Gasteiger partial charge >= 0.3 is 0 Å². The third-order valence-corrected chi connectivity index (χ3v) is 3.27. The van der Waals surface area contributed by atoms with E-state index in [9.17, 15) is 0 Å². The fraction of sp³-hybridized carbons (Fsp3) is 0.0769. The van der Waals surface area contributed by atoms with Gasteiger partial charge in [-0.05, 0) is 24.5 Å². The van der Waals surface area contributed by atoms with Crippen molar-refractivity contribution in [2.45, 2.75) is 6.92 Å². The molecule has 0 nitrogen and oxygen atoms in total. The predicted molar refractivity (Wildman–Crippen MR) is 74.1 cm³/mol. The number of hydrogen-bond donors (Lipinski definition) is 0. The Morgan fingerprint density at radius 2 is 1.44 bits per heavy atom. The van der Waals surface area contributed by atoms with Gasteiger partial charge in [0.15, 0.2) is 7.28 Å². The monoisotopic (exact) mass is 248 g/mol. The zero-order valence-electron chi connectivity index (χ0n) is 9.00. The highest BCUT2D eigenvalue weighted by Gasteiger charge is 2.07. The molecule has 0 atom stereocenters. The van der Waals surface area contributed by atoms with E-state index in [2.05, 4.69) is 31.2 Å². The molecule has 2 aromatic carbocycles. The molecule has 0 aliphatic rings. The third kappa shape index (κ3) is 2.60. The fourth-order valence-corrected chi connectivity index (χ4v) is 2.14. The summed E-state index contributed by atoms with van der Waals surface area (Å²) in [5.41, 5.74) is 3.48. The summed E-state index contributed by atoms with van der Waals surface area (Å²) in [6, 6.07) is 14.0. The molecule has 0 saturated carbocycles. The smallest absolute Gasteiger partial charge is 0.0849 e. The van der Waals surface area contributed by atoms with Crippen LogP contribution in [0.5, 0.6) is 0 Å². The molecule has 0 spiro atoms. The number of hydrogen-bond acceptors (Lipinski definition) is 0. The second kappa shape index (κ2) is 4.94. The minimum absolute atomic E-state index is 0.730. The molecular formula is C13H11BCl2. The predicted octanol–water partition coefficient (Wildman–Crippen LogP) is 2.69. The average molecular weight is 249 g/mol. The van der Waals surface area contributed by atoms with Crippen LogP contribution in [0.15, 0.2) is 42.5 Å². The van der Waals surface area contributed by atoms with Crippen LogP contribution in [0.25, 0.3) is 0 Å². The van der Waals surface area contributed by atoms with Crippen molar-refractivity contribution in [2.75, 3.05) is 0 Å². The number of benzene rings is 2. The molecule has 0 aromatic heterocycles. The summed E-state index contributed by atoms with van der Waals surface area (Å²) in [4.78, 5) is 0. The van der Waals surface area contributed by atoms with Gasteiger partial charge in [0.25, 0.3) is 0 Å². The van der Waals surface area contributed by atoms with Gasteiger partial charge in [0, 0.05) is 10.0 Å². The van der Waals surface area contributed by atoms with E-state index < -0.39 is 0 Å². The second-order valence-corrected chi connectivity index (χ2v) is 4.68. The minimum atomic E-state index is 0.730. The standard InChI is InChI=1S/C13H11BCl2/c1-9-5-7-10(8-6-9)14-13-11(15)3-2-4-12(13)16/h2-8,14H,1H3. The van der Waals surface area contributed by atoms with Crippen LogP contribution in [0.4, 0.5) is 0 Å². The Hall–Kier alpha value is -0.915. The van der Waals surface area contributed by atoms with Crippen molar-refractivity contribution in [1.29, 1.82) is 0 Å². The lowest BCUT2D eigenvalue weighted by molar-refractivity contribution is 1.49. The van der Waals surface area contributed by atoms with Crippen LogP contribution in [0.3, 0.4) is 0 Å². The van der Waals surface area contributed by atoms with Crippen LogP contribution < -0.4 is 10.9 Å². The van der Waals surface area contributed by atoms with Gasteiger partial charge in [-0.15, -0.1) is 0 Å². The van der Waals surface area contributed by atoms with Gasteiger partial charge in [-0.25, -0.2) is 0 Å². The highest BCUT2D eigenvalue weighted by Crippen LogP contribution is 2.11. The van der Waals surface area contributed by atoms with E-state index in [1.54, 1.807) is 0 Å². The molecule has 2 rings (SSSR count). The molecule has 16 heavy (non-hydrogen) atoms. The second-order valence-electron chi connectivity index (χ2n) is 3.86. The minimum Gasteiger partial charge on any atom is -0.0849 e. The first-order chi connectivity index (χ1) is 7.66. The number of halogens is 2. The van der Waals surface area contributed by atoms with Crippen molar-refractivity contribution in [2.24, 2.45) is 0 Å². The van der Waals surface area contributed by atoms with Crippen LogP contribution in [0.1, 0.15) is 5.56 Å². The van der Waals surface area contributed by atoms with E-state index in [1.165, 1.54) is 11.0 Å². The Morgan fingerprint density at radius 3 is 2.00 bits per heavy atom.